The van der Waals surface area contributed by atoms with E-state index in [1.807, 2.05) is 11.9 Å². The first kappa shape index (κ1) is 45.6. The summed E-state index contributed by atoms with van der Waals surface area (Å²) >= 11 is 0. The van der Waals surface area contributed by atoms with Crippen LogP contribution in [0.3, 0.4) is 0 Å². The monoisotopic (exact) mass is 755 g/mol. The van der Waals surface area contributed by atoms with Crippen molar-refractivity contribution >= 4 is 41.2 Å². The van der Waals surface area contributed by atoms with Crippen LogP contribution in [0.4, 0.5) is 0 Å². The molecule has 0 aromatic heterocycles. The van der Waals surface area contributed by atoms with Crippen molar-refractivity contribution in [1.82, 2.24) is 31.5 Å². The van der Waals surface area contributed by atoms with Crippen molar-refractivity contribution in [2.24, 2.45) is 17.6 Å². The van der Waals surface area contributed by atoms with Gasteiger partial charge in [-0.2, -0.15) is 0 Å². The summed E-state index contributed by atoms with van der Waals surface area (Å²) in [5.41, 5.74) is 3.43. The first-order valence-corrected chi connectivity index (χ1v) is 18.4. The minimum absolute atomic E-state index is 0.0424. The first-order valence-electron chi connectivity index (χ1n) is 18.4. The number of Topliss-reactive ketones (excluding diaryl/α,β-unsaturated/α-hetero) is 2. The van der Waals surface area contributed by atoms with Gasteiger partial charge in [0.25, 0.3) is 0 Å². The van der Waals surface area contributed by atoms with Gasteiger partial charge < -0.3 is 46.7 Å². The Balaban J connectivity index is 1.76. The molecule has 0 aromatic carbocycles. The predicted octanol–water partition coefficient (Wildman–Crippen LogP) is -1.60. The number of carbonyl (C=O) groups excluding carboxylic acids is 5. The highest BCUT2D eigenvalue weighted by Gasteiger charge is 2.55. The number of amides is 3. The lowest BCUT2D eigenvalue weighted by molar-refractivity contribution is -0.143. The lowest BCUT2D eigenvalue weighted by atomic mass is 9.81. The van der Waals surface area contributed by atoms with Crippen molar-refractivity contribution in [3.8, 4) is 0 Å². The average Bonchev–Trinajstić information content (AvgIpc) is 3.79. The van der Waals surface area contributed by atoms with Crippen LogP contribution in [-0.4, -0.2) is 152 Å². The van der Waals surface area contributed by atoms with Gasteiger partial charge in [-0.05, 0) is 78.8 Å². The average molecular weight is 756 g/mol. The van der Waals surface area contributed by atoms with E-state index in [-0.39, 0.29) is 88.0 Å². The maximum absolute atomic E-state index is 13.5. The number of ether oxygens (including phenoxy) is 2. The van der Waals surface area contributed by atoms with Gasteiger partial charge in [0.05, 0.1) is 43.5 Å². The molecule has 2 fully saturated rings. The molecule has 0 spiro atoms. The number of hydrogen-bond donors (Lipinski definition) is 8. The molecule has 1 aliphatic carbocycles. The van der Waals surface area contributed by atoms with Crippen LogP contribution in [-0.2, 0) is 43.0 Å². The third kappa shape index (κ3) is 16.2. The van der Waals surface area contributed by atoms with E-state index in [9.17, 15) is 43.8 Å². The Morgan fingerprint density at radius 3 is 2.19 bits per heavy atom. The molecule has 18 heteroatoms. The number of nitrogens with one attached hydrogen (secondary N) is 5. The fourth-order valence-electron chi connectivity index (χ4n) is 6.23. The van der Waals surface area contributed by atoms with Crippen molar-refractivity contribution < 1.29 is 53.2 Å². The molecule has 0 radical (unpaired) electrons. The van der Waals surface area contributed by atoms with Crippen molar-refractivity contribution in [2.45, 2.75) is 95.3 Å². The van der Waals surface area contributed by atoms with E-state index in [0.29, 0.717) is 44.9 Å². The second-order valence-electron chi connectivity index (χ2n) is 14.5. The molecule has 1 saturated carbocycles. The number of nitrogens with two attached hydrogens (primary N) is 1. The number of ketones is 2. The molecule has 2 aliphatic rings. The van der Waals surface area contributed by atoms with Crippen molar-refractivity contribution in [2.75, 3.05) is 72.7 Å². The molecule has 0 aromatic rings. The summed E-state index contributed by atoms with van der Waals surface area (Å²) in [6.07, 6.45) is 2.08. The highest BCUT2D eigenvalue weighted by molar-refractivity contribution is 5.98. The molecule has 9 N–H and O–H groups in total. The molecule has 1 saturated heterocycles. The third-order valence-corrected chi connectivity index (χ3v) is 9.87. The number of rotatable bonds is 28. The molecule has 302 valence electrons. The van der Waals surface area contributed by atoms with E-state index < -0.39 is 41.0 Å². The first-order chi connectivity index (χ1) is 25.0. The van der Waals surface area contributed by atoms with Crippen LogP contribution < -0.4 is 32.3 Å². The van der Waals surface area contributed by atoms with E-state index in [4.69, 9.17) is 15.2 Å². The number of carboxylic acid groups (broad SMARTS) is 2. The molecule has 1 aliphatic heterocycles. The highest BCUT2D eigenvalue weighted by atomic mass is 16.5. The Morgan fingerprint density at radius 1 is 0.906 bits per heavy atom. The number of aliphatic carboxylic acids is 2. The molecular formula is C35H61N7O11. The summed E-state index contributed by atoms with van der Waals surface area (Å²) in [6, 6.07) is -2.39. The summed E-state index contributed by atoms with van der Waals surface area (Å²) in [4.78, 5) is 88.6. The zero-order chi connectivity index (χ0) is 39.6. The lowest BCUT2D eigenvalue weighted by Crippen LogP contribution is -2.52. The Labute approximate surface area is 311 Å². The minimum Gasteiger partial charge on any atom is -0.481 e. The largest absolute Gasteiger partial charge is 0.481 e. The maximum atomic E-state index is 13.5. The molecule has 4 atom stereocenters. The molecule has 4 unspecified atom stereocenters. The Morgan fingerprint density at radius 2 is 1.57 bits per heavy atom. The number of nitrogens with zero attached hydrogens (tertiary/aromatic N) is 1. The van der Waals surface area contributed by atoms with Crippen LogP contribution in [0.1, 0.15) is 72.1 Å². The summed E-state index contributed by atoms with van der Waals surface area (Å²) in [5, 5.41) is 32.8. The second-order valence-corrected chi connectivity index (χ2v) is 14.5. The Hall–Kier alpha value is -3.55. The number of carbonyl (C=O) groups is 7. The van der Waals surface area contributed by atoms with Crippen molar-refractivity contribution in [1.29, 1.82) is 0 Å². The molecule has 1 heterocycles. The molecule has 0 bridgehead atoms. The van der Waals surface area contributed by atoms with Gasteiger partial charge in [0, 0.05) is 44.9 Å². The van der Waals surface area contributed by atoms with E-state index in [0.717, 1.165) is 19.4 Å². The second kappa shape index (κ2) is 22.6. The molecular weight excluding hydrogens is 694 g/mol. The fraction of sp³-hybridized carbons (Fsp3) is 0.800. The SMILES string of the molecule is CNCC1CCC(C(=O)NC(CCC(=O)NC(CCC(=O)O)C(=O)C2(C)CN2CCOCCOCC(=O)C(C)(C)NCC(=O)NCCN)C(=O)O)CC1. The Kier molecular flexibility index (Phi) is 19.5. The number of hydrogen-bond acceptors (Lipinski definition) is 13. The van der Waals surface area contributed by atoms with Gasteiger partial charge in [-0.1, -0.05) is 0 Å². The van der Waals surface area contributed by atoms with Gasteiger partial charge in [0.15, 0.2) is 11.6 Å². The maximum Gasteiger partial charge on any atom is 0.326 e. The van der Waals surface area contributed by atoms with Gasteiger partial charge in [0.1, 0.15) is 12.6 Å². The van der Waals surface area contributed by atoms with Crippen LogP contribution in [0.5, 0.6) is 0 Å². The van der Waals surface area contributed by atoms with Crippen molar-refractivity contribution in [3.63, 3.8) is 0 Å². The lowest BCUT2D eigenvalue weighted by Gasteiger charge is -2.28. The van der Waals surface area contributed by atoms with Crippen LogP contribution in [0.25, 0.3) is 0 Å². The molecule has 3 amide bonds. The van der Waals surface area contributed by atoms with E-state index in [1.165, 1.54) is 0 Å². The number of carboxylic acids is 2. The van der Waals surface area contributed by atoms with E-state index in [2.05, 4.69) is 26.6 Å². The highest BCUT2D eigenvalue weighted by Crippen LogP contribution is 2.34. The van der Waals surface area contributed by atoms with E-state index >= 15 is 0 Å². The fourth-order valence-corrected chi connectivity index (χ4v) is 6.23. The van der Waals surface area contributed by atoms with E-state index in [1.54, 1.807) is 20.8 Å². The van der Waals surface area contributed by atoms with Gasteiger partial charge in [0.2, 0.25) is 17.7 Å². The smallest absolute Gasteiger partial charge is 0.326 e. The molecule has 53 heavy (non-hydrogen) atoms. The summed E-state index contributed by atoms with van der Waals surface area (Å²) in [7, 11) is 1.88. The third-order valence-electron chi connectivity index (χ3n) is 9.87. The van der Waals surface area contributed by atoms with Crippen LogP contribution in [0.2, 0.25) is 0 Å². The minimum atomic E-state index is -1.28. The zero-order valence-electron chi connectivity index (χ0n) is 31.6. The normalized spacial score (nSPS) is 22.2. The Bertz CT molecular complexity index is 1260. The standard InChI is InChI=1S/C35H61N7O11/c1-34(2,39-20-29(45)38-14-13-36)27(43)21-53-18-17-52-16-15-42-22-35(42,3)31(48)25(10-12-30(46)47)40-28(44)11-9-26(33(50)51)41-32(49)24-7-5-23(6-8-24)19-37-4/h23-26,37,39H,5-22,36H2,1-4H3,(H,38,45)(H,40,44)(H,41,49)(H,46,47)(H,50,51). The quantitative estimate of drug-likeness (QED) is 0.0330. The summed E-state index contributed by atoms with van der Waals surface area (Å²) in [5.74, 6) is -4.05. The van der Waals surface area contributed by atoms with Gasteiger partial charge in [-0.3, -0.25) is 39.0 Å². The molecule has 2 rings (SSSR count). The predicted molar refractivity (Wildman–Crippen MR) is 193 cm³/mol. The topological polar surface area (TPSA) is 268 Å². The summed E-state index contributed by atoms with van der Waals surface area (Å²) in [6.45, 7) is 7.63. The van der Waals surface area contributed by atoms with Crippen LogP contribution in [0.15, 0.2) is 0 Å². The molecule has 18 nitrogen and oxygen atoms in total. The van der Waals surface area contributed by atoms with Gasteiger partial charge >= 0.3 is 11.9 Å². The summed E-state index contributed by atoms with van der Waals surface area (Å²) < 4.78 is 11.0. The van der Waals surface area contributed by atoms with Gasteiger partial charge in [-0.25, -0.2) is 4.79 Å². The van der Waals surface area contributed by atoms with Crippen LogP contribution >= 0.6 is 0 Å². The van der Waals surface area contributed by atoms with Crippen LogP contribution in [0, 0.1) is 11.8 Å². The zero-order valence-corrected chi connectivity index (χ0v) is 31.6. The van der Waals surface area contributed by atoms with Crippen molar-refractivity contribution in [3.05, 3.63) is 0 Å². The van der Waals surface area contributed by atoms with Gasteiger partial charge in [-0.15, -0.1) is 0 Å².